The number of carbonyl (C=O) groups excluding carboxylic acids is 2. The van der Waals surface area contributed by atoms with Gasteiger partial charge in [0, 0.05) is 29.8 Å². The molecular weight excluding hydrogens is 396 g/mol. The number of nitro benzene ring substituents is 1. The molecule has 0 saturated heterocycles. The van der Waals surface area contributed by atoms with E-state index < -0.39 is 4.92 Å². The second-order valence-corrected chi connectivity index (χ2v) is 6.55. The van der Waals surface area contributed by atoms with Gasteiger partial charge < -0.3 is 9.64 Å². The topological polar surface area (TPSA) is 89.8 Å². The Morgan fingerprint density at radius 1 is 0.968 bits per heavy atom. The Balaban J connectivity index is 1.81. The highest BCUT2D eigenvalue weighted by atomic mass is 16.6. The van der Waals surface area contributed by atoms with Crippen molar-refractivity contribution in [3.63, 3.8) is 0 Å². The lowest BCUT2D eigenvalue weighted by Crippen LogP contribution is -2.36. The molecule has 3 aromatic carbocycles. The van der Waals surface area contributed by atoms with Gasteiger partial charge in [-0.1, -0.05) is 48.5 Å². The molecule has 3 aromatic rings. The predicted molar refractivity (Wildman–Crippen MR) is 117 cm³/mol. The third-order valence-corrected chi connectivity index (χ3v) is 4.50. The Morgan fingerprint density at radius 2 is 1.61 bits per heavy atom. The number of ketones is 1. The molecule has 0 aliphatic rings. The quantitative estimate of drug-likeness (QED) is 0.223. The van der Waals surface area contributed by atoms with Crippen molar-refractivity contribution in [2.24, 2.45) is 0 Å². The molecule has 0 atom stereocenters. The summed E-state index contributed by atoms with van der Waals surface area (Å²) in [5.74, 6) is -0.257. The second kappa shape index (κ2) is 9.98. The third kappa shape index (κ3) is 5.22. The lowest BCUT2D eigenvalue weighted by Gasteiger charge is -2.24. The van der Waals surface area contributed by atoms with E-state index >= 15 is 0 Å². The van der Waals surface area contributed by atoms with Gasteiger partial charge in [-0.05, 0) is 24.3 Å². The fourth-order valence-electron chi connectivity index (χ4n) is 3.00. The van der Waals surface area contributed by atoms with Crippen molar-refractivity contribution in [3.05, 3.63) is 113 Å². The van der Waals surface area contributed by atoms with Crippen LogP contribution in [-0.4, -0.2) is 29.8 Å². The van der Waals surface area contributed by atoms with E-state index in [1.807, 2.05) is 6.07 Å². The van der Waals surface area contributed by atoms with Crippen molar-refractivity contribution in [2.45, 2.75) is 0 Å². The van der Waals surface area contributed by atoms with E-state index in [2.05, 4.69) is 6.58 Å². The van der Waals surface area contributed by atoms with Gasteiger partial charge in [0.1, 0.15) is 5.75 Å². The molecule has 0 aliphatic heterocycles. The third-order valence-electron chi connectivity index (χ3n) is 4.50. The van der Waals surface area contributed by atoms with Gasteiger partial charge in [0.2, 0.25) is 0 Å². The number of anilines is 1. The zero-order valence-corrected chi connectivity index (χ0v) is 16.6. The van der Waals surface area contributed by atoms with Crippen molar-refractivity contribution in [2.75, 3.05) is 18.1 Å². The molecule has 0 fully saturated rings. The molecule has 0 unspecified atom stereocenters. The first kappa shape index (κ1) is 21.4. The molecule has 3 rings (SSSR count). The maximum Gasteiger partial charge on any atom is 0.269 e. The Kier molecular flexibility index (Phi) is 6.90. The highest BCUT2D eigenvalue weighted by Gasteiger charge is 2.22. The number of para-hydroxylation sites is 1. The summed E-state index contributed by atoms with van der Waals surface area (Å²) in [7, 11) is 0. The van der Waals surface area contributed by atoms with Crippen molar-refractivity contribution in [1.82, 2.24) is 0 Å². The van der Waals surface area contributed by atoms with Crippen LogP contribution in [0, 0.1) is 10.1 Å². The molecular formula is C24H20N2O5. The minimum atomic E-state index is -0.512. The number of rotatable bonds is 9. The fraction of sp³-hybridized carbons (Fsp3) is 0.0833. The average molecular weight is 416 g/mol. The van der Waals surface area contributed by atoms with E-state index in [1.54, 1.807) is 54.6 Å². The molecule has 0 aliphatic carbocycles. The number of non-ortho nitro benzene ring substituents is 1. The molecule has 0 bridgehead atoms. The lowest BCUT2D eigenvalue weighted by atomic mass is 10.0. The zero-order chi connectivity index (χ0) is 22.2. The minimum Gasteiger partial charge on any atom is -0.484 e. The van der Waals surface area contributed by atoms with Crippen LogP contribution >= 0.6 is 0 Å². The maximum absolute atomic E-state index is 13.0. The van der Waals surface area contributed by atoms with E-state index in [9.17, 15) is 19.7 Å². The van der Waals surface area contributed by atoms with Crippen LogP contribution in [0.15, 0.2) is 91.5 Å². The largest absolute Gasteiger partial charge is 0.484 e. The standard InChI is InChI=1S/C24H20N2O5/c1-2-16-25(23(27)17-31-20-14-12-19(13-15-20)26(29)30)22-11-7-6-10-21(22)24(28)18-8-4-3-5-9-18/h2-15H,1,16-17H2. The monoisotopic (exact) mass is 416 g/mol. The van der Waals surface area contributed by atoms with Gasteiger partial charge >= 0.3 is 0 Å². The first-order chi connectivity index (χ1) is 15.0. The summed E-state index contributed by atoms with van der Waals surface area (Å²) in [5.41, 5.74) is 1.29. The summed E-state index contributed by atoms with van der Waals surface area (Å²) in [6.45, 7) is 3.58. The van der Waals surface area contributed by atoms with Gasteiger partial charge in [0.25, 0.3) is 11.6 Å². The fourth-order valence-corrected chi connectivity index (χ4v) is 3.00. The number of amides is 1. The molecule has 1 amide bonds. The zero-order valence-electron chi connectivity index (χ0n) is 16.6. The molecule has 31 heavy (non-hydrogen) atoms. The molecule has 7 heteroatoms. The van der Waals surface area contributed by atoms with Crippen molar-refractivity contribution >= 4 is 23.1 Å². The number of hydrogen-bond acceptors (Lipinski definition) is 5. The Labute approximate surface area is 179 Å². The van der Waals surface area contributed by atoms with Gasteiger partial charge in [-0.25, -0.2) is 0 Å². The number of nitrogens with zero attached hydrogens (tertiary/aromatic N) is 2. The van der Waals surface area contributed by atoms with Crippen molar-refractivity contribution in [3.8, 4) is 5.75 Å². The molecule has 0 spiro atoms. The van der Waals surface area contributed by atoms with Crippen LogP contribution in [0.5, 0.6) is 5.75 Å². The van der Waals surface area contributed by atoms with Gasteiger partial charge in [0.15, 0.2) is 12.4 Å². The molecule has 0 N–H and O–H groups in total. The maximum atomic E-state index is 13.0. The van der Waals surface area contributed by atoms with Gasteiger partial charge in [-0.2, -0.15) is 0 Å². The van der Waals surface area contributed by atoms with Crippen LogP contribution < -0.4 is 9.64 Å². The Hall–Kier alpha value is -4.26. The lowest BCUT2D eigenvalue weighted by molar-refractivity contribution is -0.384. The van der Waals surface area contributed by atoms with E-state index in [-0.39, 0.29) is 30.5 Å². The summed E-state index contributed by atoms with van der Waals surface area (Å²) < 4.78 is 5.50. The molecule has 0 radical (unpaired) electrons. The molecule has 7 nitrogen and oxygen atoms in total. The number of nitro groups is 1. The molecule has 0 saturated carbocycles. The highest BCUT2D eigenvalue weighted by Crippen LogP contribution is 2.24. The van der Waals surface area contributed by atoms with Crippen LogP contribution in [-0.2, 0) is 4.79 Å². The smallest absolute Gasteiger partial charge is 0.269 e. The number of benzene rings is 3. The summed E-state index contributed by atoms with van der Waals surface area (Å²) in [4.78, 5) is 37.6. The van der Waals surface area contributed by atoms with E-state index in [4.69, 9.17) is 4.74 Å². The van der Waals surface area contributed by atoms with Gasteiger partial charge in [-0.15, -0.1) is 6.58 Å². The minimum absolute atomic E-state index is 0.0692. The van der Waals surface area contributed by atoms with Crippen molar-refractivity contribution < 1.29 is 19.2 Å². The first-order valence-corrected chi connectivity index (χ1v) is 9.48. The average Bonchev–Trinajstić information content (AvgIpc) is 2.81. The number of hydrogen-bond donors (Lipinski definition) is 0. The number of carbonyl (C=O) groups is 2. The summed E-state index contributed by atoms with van der Waals surface area (Å²) in [6, 6.07) is 21.1. The van der Waals surface area contributed by atoms with E-state index in [0.717, 1.165) is 0 Å². The summed E-state index contributed by atoms with van der Waals surface area (Å²) in [5, 5.41) is 10.8. The van der Waals surface area contributed by atoms with Crippen LogP contribution in [0.2, 0.25) is 0 Å². The van der Waals surface area contributed by atoms with Crippen LogP contribution in [0.1, 0.15) is 15.9 Å². The van der Waals surface area contributed by atoms with Gasteiger partial charge in [-0.3, -0.25) is 19.7 Å². The normalized spacial score (nSPS) is 10.2. The first-order valence-electron chi connectivity index (χ1n) is 9.48. The van der Waals surface area contributed by atoms with Crippen LogP contribution in [0.3, 0.4) is 0 Å². The summed E-state index contributed by atoms with van der Waals surface area (Å²) >= 11 is 0. The SMILES string of the molecule is C=CCN(C(=O)COc1ccc([N+](=O)[O-])cc1)c1ccccc1C(=O)c1ccccc1. The predicted octanol–water partition coefficient (Wildman–Crippen LogP) is 4.42. The molecule has 156 valence electrons. The van der Waals surface area contributed by atoms with Crippen molar-refractivity contribution in [1.29, 1.82) is 0 Å². The van der Waals surface area contributed by atoms with Crippen LogP contribution in [0.4, 0.5) is 11.4 Å². The molecule has 0 heterocycles. The van der Waals surface area contributed by atoms with Gasteiger partial charge in [0.05, 0.1) is 10.6 Å². The number of ether oxygens (including phenoxy) is 1. The van der Waals surface area contributed by atoms with E-state index in [1.165, 1.54) is 29.2 Å². The second-order valence-electron chi connectivity index (χ2n) is 6.55. The van der Waals surface area contributed by atoms with E-state index in [0.29, 0.717) is 22.6 Å². The summed E-state index contributed by atoms with van der Waals surface area (Å²) in [6.07, 6.45) is 1.56. The molecule has 0 aromatic heterocycles. The Morgan fingerprint density at radius 3 is 2.26 bits per heavy atom. The Bertz CT molecular complexity index is 1090. The van der Waals surface area contributed by atoms with Crippen LogP contribution in [0.25, 0.3) is 0 Å². The highest BCUT2D eigenvalue weighted by molar-refractivity contribution is 6.14.